The second-order valence-electron chi connectivity index (χ2n) is 5.37. The maximum atomic E-state index is 8.89. The normalized spacial score (nSPS) is 24.1. The quantitative estimate of drug-likeness (QED) is 0.901. The summed E-state index contributed by atoms with van der Waals surface area (Å²) >= 11 is 0. The third-order valence-electron chi connectivity index (χ3n) is 4.04. The standard InChI is InChI=1S/C16H23N3/c1-3-18-12-15-5-4-10-19(2)16(15)14-8-6-13(11-17)7-9-14/h6-9,15-16,18H,3-5,10,12H2,1-2H3. The van der Waals surface area contributed by atoms with Crippen molar-refractivity contribution in [3.05, 3.63) is 35.4 Å². The van der Waals surface area contributed by atoms with E-state index in [2.05, 4.69) is 42.4 Å². The Morgan fingerprint density at radius 2 is 2.11 bits per heavy atom. The molecule has 1 saturated heterocycles. The van der Waals surface area contributed by atoms with E-state index in [9.17, 15) is 0 Å². The van der Waals surface area contributed by atoms with Crippen LogP contribution in [0.5, 0.6) is 0 Å². The monoisotopic (exact) mass is 257 g/mol. The fourth-order valence-electron chi connectivity index (χ4n) is 3.08. The summed E-state index contributed by atoms with van der Waals surface area (Å²) in [5, 5.41) is 12.4. The molecule has 2 atom stereocenters. The maximum absolute atomic E-state index is 8.89. The molecule has 0 saturated carbocycles. The first-order valence-corrected chi connectivity index (χ1v) is 7.17. The zero-order chi connectivity index (χ0) is 13.7. The van der Waals surface area contributed by atoms with Crippen molar-refractivity contribution in [2.24, 2.45) is 5.92 Å². The van der Waals surface area contributed by atoms with E-state index in [-0.39, 0.29) is 0 Å². The number of nitriles is 1. The Labute approximate surface area is 116 Å². The number of rotatable bonds is 4. The average Bonchev–Trinajstić information content (AvgIpc) is 2.45. The molecular weight excluding hydrogens is 234 g/mol. The van der Waals surface area contributed by atoms with Crippen molar-refractivity contribution in [3.63, 3.8) is 0 Å². The molecule has 102 valence electrons. The zero-order valence-corrected chi connectivity index (χ0v) is 11.9. The smallest absolute Gasteiger partial charge is 0.0991 e. The van der Waals surface area contributed by atoms with Crippen molar-refractivity contribution in [1.82, 2.24) is 10.2 Å². The Morgan fingerprint density at radius 1 is 1.37 bits per heavy atom. The molecule has 1 aliphatic rings. The Morgan fingerprint density at radius 3 is 2.74 bits per heavy atom. The van der Waals surface area contributed by atoms with E-state index < -0.39 is 0 Å². The van der Waals surface area contributed by atoms with Crippen LogP contribution in [0.2, 0.25) is 0 Å². The van der Waals surface area contributed by atoms with Gasteiger partial charge in [-0.15, -0.1) is 0 Å². The lowest BCUT2D eigenvalue weighted by Crippen LogP contribution is -2.40. The minimum absolute atomic E-state index is 0.473. The van der Waals surface area contributed by atoms with Crippen LogP contribution in [0.3, 0.4) is 0 Å². The van der Waals surface area contributed by atoms with E-state index >= 15 is 0 Å². The topological polar surface area (TPSA) is 39.1 Å². The van der Waals surface area contributed by atoms with Crippen LogP contribution in [0.1, 0.15) is 36.9 Å². The molecule has 3 nitrogen and oxygen atoms in total. The highest BCUT2D eigenvalue weighted by Crippen LogP contribution is 2.34. The van der Waals surface area contributed by atoms with Crippen molar-refractivity contribution in [2.45, 2.75) is 25.8 Å². The van der Waals surface area contributed by atoms with Crippen LogP contribution in [0.25, 0.3) is 0 Å². The summed E-state index contributed by atoms with van der Waals surface area (Å²) in [6, 6.07) is 10.8. The first kappa shape index (κ1) is 14.0. The molecule has 2 unspecified atom stereocenters. The van der Waals surface area contributed by atoms with Crippen LogP contribution in [0.15, 0.2) is 24.3 Å². The molecule has 1 fully saturated rings. The SMILES string of the molecule is CCNCC1CCCN(C)C1c1ccc(C#N)cc1. The summed E-state index contributed by atoms with van der Waals surface area (Å²) in [4.78, 5) is 2.45. The Kier molecular flexibility index (Phi) is 4.95. The fourth-order valence-corrected chi connectivity index (χ4v) is 3.08. The van der Waals surface area contributed by atoms with E-state index in [1.165, 1.54) is 18.4 Å². The van der Waals surface area contributed by atoms with Gasteiger partial charge in [-0.3, -0.25) is 4.90 Å². The Balaban J connectivity index is 2.18. The maximum Gasteiger partial charge on any atom is 0.0991 e. The summed E-state index contributed by atoms with van der Waals surface area (Å²) in [6.07, 6.45) is 2.56. The van der Waals surface area contributed by atoms with Gasteiger partial charge in [0.25, 0.3) is 0 Å². The average molecular weight is 257 g/mol. The minimum atomic E-state index is 0.473. The number of likely N-dealkylation sites (tertiary alicyclic amines) is 1. The summed E-state index contributed by atoms with van der Waals surface area (Å²) in [5.74, 6) is 0.659. The Bertz CT molecular complexity index is 432. The highest BCUT2D eigenvalue weighted by Gasteiger charge is 2.29. The van der Waals surface area contributed by atoms with Crippen LogP contribution in [0.4, 0.5) is 0 Å². The van der Waals surface area contributed by atoms with E-state index in [1.54, 1.807) is 0 Å². The molecule has 1 N–H and O–H groups in total. The summed E-state index contributed by atoms with van der Waals surface area (Å²) in [6.45, 7) is 5.42. The van der Waals surface area contributed by atoms with Gasteiger partial charge in [-0.1, -0.05) is 19.1 Å². The molecule has 1 aromatic rings. The van der Waals surface area contributed by atoms with Crippen LogP contribution in [-0.4, -0.2) is 31.6 Å². The van der Waals surface area contributed by atoms with Gasteiger partial charge in [0, 0.05) is 6.04 Å². The lowest BCUT2D eigenvalue weighted by Gasteiger charge is -2.39. The highest BCUT2D eigenvalue weighted by atomic mass is 15.1. The largest absolute Gasteiger partial charge is 0.317 e. The van der Waals surface area contributed by atoms with Gasteiger partial charge in [-0.2, -0.15) is 5.26 Å². The number of hydrogen-bond donors (Lipinski definition) is 1. The van der Waals surface area contributed by atoms with E-state index in [1.807, 2.05) is 12.1 Å². The molecule has 1 heterocycles. The summed E-state index contributed by atoms with van der Waals surface area (Å²) in [5.41, 5.74) is 2.08. The molecule has 0 spiro atoms. The third kappa shape index (κ3) is 3.34. The van der Waals surface area contributed by atoms with Gasteiger partial charge in [0.05, 0.1) is 11.6 Å². The molecule has 0 aliphatic carbocycles. The van der Waals surface area contributed by atoms with Gasteiger partial charge in [0.1, 0.15) is 0 Å². The van der Waals surface area contributed by atoms with Gasteiger partial charge in [-0.05, 0) is 63.1 Å². The molecule has 19 heavy (non-hydrogen) atoms. The van der Waals surface area contributed by atoms with Crippen molar-refractivity contribution < 1.29 is 0 Å². The number of benzene rings is 1. The lowest BCUT2D eigenvalue weighted by molar-refractivity contribution is 0.120. The predicted octanol–water partition coefficient (Wildman–Crippen LogP) is 2.55. The van der Waals surface area contributed by atoms with Crippen molar-refractivity contribution in [2.75, 3.05) is 26.7 Å². The molecule has 0 radical (unpaired) electrons. The highest BCUT2D eigenvalue weighted by molar-refractivity contribution is 5.33. The van der Waals surface area contributed by atoms with E-state index in [0.29, 0.717) is 12.0 Å². The van der Waals surface area contributed by atoms with Crippen molar-refractivity contribution >= 4 is 0 Å². The fraction of sp³-hybridized carbons (Fsp3) is 0.562. The van der Waals surface area contributed by atoms with Gasteiger partial charge >= 0.3 is 0 Å². The predicted molar refractivity (Wildman–Crippen MR) is 77.8 cm³/mol. The van der Waals surface area contributed by atoms with E-state index in [0.717, 1.165) is 25.2 Å². The van der Waals surface area contributed by atoms with Crippen LogP contribution >= 0.6 is 0 Å². The second-order valence-corrected chi connectivity index (χ2v) is 5.37. The minimum Gasteiger partial charge on any atom is -0.317 e. The molecule has 2 rings (SSSR count). The molecule has 3 heteroatoms. The molecule has 0 aromatic heterocycles. The summed E-state index contributed by atoms with van der Waals surface area (Å²) in [7, 11) is 2.21. The van der Waals surface area contributed by atoms with Gasteiger partial charge in [-0.25, -0.2) is 0 Å². The zero-order valence-electron chi connectivity index (χ0n) is 11.9. The number of piperidine rings is 1. The van der Waals surface area contributed by atoms with Crippen molar-refractivity contribution in [1.29, 1.82) is 5.26 Å². The molecule has 0 amide bonds. The lowest BCUT2D eigenvalue weighted by atomic mass is 9.84. The number of nitrogens with one attached hydrogen (secondary N) is 1. The first-order chi connectivity index (χ1) is 9.26. The first-order valence-electron chi connectivity index (χ1n) is 7.17. The molecular formula is C16H23N3. The molecule has 0 bridgehead atoms. The third-order valence-corrected chi connectivity index (χ3v) is 4.04. The summed E-state index contributed by atoms with van der Waals surface area (Å²) < 4.78 is 0. The van der Waals surface area contributed by atoms with Gasteiger partial charge in [0.15, 0.2) is 0 Å². The molecule has 1 aromatic carbocycles. The van der Waals surface area contributed by atoms with E-state index in [4.69, 9.17) is 5.26 Å². The van der Waals surface area contributed by atoms with Crippen molar-refractivity contribution in [3.8, 4) is 6.07 Å². The molecule has 1 aliphatic heterocycles. The van der Waals surface area contributed by atoms with Gasteiger partial charge < -0.3 is 5.32 Å². The number of nitrogens with zero attached hydrogens (tertiary/aromatic N) is 2. The number of hydrogen-bond acceptors (Lipinski definition) is 3. The van der Waals surface area contributed by atoms with Crippen LogP contribution in [0, 0.1) is 17.2 Å². The second kappa shape index (κ2) is 6.70. The van der Waals surface area contributed by atoms with Crippen LogP contribution in [-0.2, 0) is 0 Å². The van der Waals surface area contributed by atoms with Gasteiger partial charge in [0.2, 0.25) is 0 Å². The Hall–Kier alpha value is -1.37. The van der Waals surface area contributed by atoms with Crippen LogP contribution < -0.4 is 5.32 Å².